The van der Waals surface area contributed by atoms with Gasteiger partial charge in [-0.3, -0.25) is 10.1 Å². The van der Waals surface area contributed by atoms with E-state index in [0.29, 0.717) is 11.4 Å². The summed E-state index contributed by atoms with van der Waals surface area (Å²) in [5.74, 6) is 0. The molecule has 1 aromatic carbocycles. The first-order chi connectivity index (χ1) is 9.02. The summed E-state index contributed by atoms with van der Waals surface area (Å²) in [6.45, 7) is 4.73. The maximum absolute atomic E-state index is 11.2. The van der Waals surface area contributed by atoms with Gasteiger partial charge in [0.25, 0.3) is 5.69 Å². The normalized spacial score (nSPS) is 20.6. The van der Waals surface area contributed by atoms with Gasteiger partial charge in [-0.15, -0.1) is 0 Å². The molecule has 1 fully saturated rings. The van der Waals surface area contributed by atoms with Crippen molar-refractivity contribution in [1.82, 2.24) is 4.90 Å². The van der Waals surface area contributed by atoms with Gasteiger partial charge in [0.1, 0.15) is 5.69 Å². The molecule has 1 aliphatic rings. The molecule has 19 heavy (non-hydrogen) atoms. The molecular weight excluding hydrogens is 310 g/mol. The number of piperazine rings is 1. The van der Waals surface area contributed by atoms with Crippen molar-refractivity contribution in [3.63, 3.8) is 0 Å². The van der Waals surface area contributed by atoms with E-state index in [2.05, 4.69) is 39.7 Å². The van der Waals surface area contributed by atoms with Crippen LogP contribution in [-0.4, -0.2) is 42.5 Å². The Morgan fingerprint density at radius 3 is 2.79 bits per heavy atom. The standard InChI is InChI=1S/C13H18BrN3O2/c1-10-9-16(6-5-15(10)2)12-4-3-11(8-14)7-13(12)17(18)19/h3-4,7,10H,5-6,8-9H2,1-2H3. The topological polar surface area (TPSA) is 49.6 Å². The van der Waals surface area contributed by atoms with E-state index in [1.54, 1.807) is 6.07 Å². The van der Waals surface area contributed by atoms with Gasteiger partial charge in [-0.2, -0.15) is 0 Å². The molecule has 1 saturated heterocycles. The van der Waals surface area contributed by atoms with Crippen LogP contribution in [0.5, 0.6) is 0 Å². The lowest BCUT2D eigenvalue weighted by Gasteiger charge is -2.38. The molecule has 1 aliphatic heterocycles. The van der Waals surface area contributed by atoms with Gasteiger partial charge >= 0.3 is 0 Å². The minimum Gasteiger partial charge on any atom is -0.363 e. The number of nitro benzene ring substituents is 1. The van der Waals surface area contributed by atoms with Crippen LogP contribution in [0.25, 0.3) is 0 Å². The van der Waals surface area contributed by atoms with Gasteiger partial charge in [-0.05, 0) is 25.6 Å². The fourth-order valence-electron chi connectivity index (χ4n) is 2.33. The number of rotatable bonds is 3. The maximum atomic E-state index is 11.2. The predicted octanol–water partition coefficient (Wildman–Crippen LogP) is 2.63. The minimum absolute atomic E-state index is 0.203. The molecule has 0 amide bonds. The minimum atomic E-state index is -0.287. The number of nitrogens with zero attached hydrogens (tertiary/aromatic N) is 3. The summed E-state index contributed by atoms with van der Waals surface area (Å²) in [4.78, 5) is 15.3. The molecule has 0 aliphatic carbocycles. The Balaban J connectivity index is 2.31. The summed E-state index contributed by atoms with van der Waals surface area (Å²) in [6.07, 6.45) is 0. The molecule has 0 bridgehead atoms. The van der Waals surface area contributed by atoms with Crippen LogP contribution in [0, 0.1) is 10.1 Å². The van der Waals surface area contributed by atoms with E-state index in [0.717, 1.165) is 30.9 Å². The number of hydrogen-bond donors (Lipinski definition) is 0. The maximum Gasteiger partial charge on any atom is 0.292 e. The van der Waals surface area contributed by atoms with Gasteiger partial charge in [0.2, 0.25) is 0 Å². The Labute approximate surface area is 121 Å². The van der Waals surface area contributed by atoms with E-state index in [1.807, 2.05) is 12.1 Å². The molecule has 6 heteroatoms. The van der Waals surface area contributed by atoms with Crippen LogP contribution in [0.2, 0.25) is 0 Å². The van der Waals surface area contributed by atoms with Crippen LogP contribution < -0.4 is 4.90 Å². The zero-order valence-electron chi connectivity index (χ0n) is 11.2. The number of nitro groups is 1. The Bertz CT molecular complexity index is 481. The summed E-state index contributed by atoms with van der Waals surface area (Å²) in [5.41, 5.74) is 1.86. The average molecular weight is 328 g/mol. The second kappa shape index (κ2) is 5.88. The Kier molecular flexibility index (Phi) is 4.42. The van der Waals surface area contributed by atoms with E-state index < -0.39 is 0 Å². The van der Waals surface area contributed by atoms with Crippen LogP contribution in [-0.2, 0) is 5.33 Å². The number of hydrogen-bond acceptors (Lipinski definition) is 4. The third-order valence-electron chi connectivity index (χ3n) is 3.69. The van der Waals surface area contributed by atoms with Gasteiger partial charge in [0, 0.05) is 37.1 Å². The van der Waals surface area contributed by atoms with Crippen molar-refractivity contribution >= 4 is 27.3 Å². The number of alkyl halides is 1. The van der Waals surface area contributed by atoms with E-state index in [9.17, 15) is 10.1 Å². The number of anilines is 1. The smallest absolute Gasteiger partial charge is 0.292 e. The lowest BCUT2D eigenvalue weighted by molar-refractivity contribution is -0.384. The van der Waals surface area contributed by atoms with Crippen molar-refractivity contribution < 1.29 is 4.92 Å². The predicted molar refractivity (Wildman–Crippen MR) is 80.0 cm³/mol. The van der Waals surface area contributed by atoms with Crippen molar-refractivity contribution in [2.75, 3.05) is 31.6 Å². The number of halogens is 1. The van der Waals surface area contributed by atoms with Gasteiger partial charge in [0.05, 0.1) is 4.92 Å². The van der Waals surface area contributed by atoms with E-state index in [4.69, 9.17) is 0 Å². The van der Waals surface area contributed by atoms with Crippen LogP contribution in [0.3, 0.4) is 0 Å². The molecule has 0 spiro atoms. The highest BCUT2D eigenvalue weighted by atomic mass is 79.9. The molecule has 0 aromatic heterocycles. The number of likely N-dealkylation sites (N-methyl/N-ethyl adjacent to an activating group) is 1. The third-order valence-corrected chi connectivity index (χ3v) is 4.34. The Morgan fingerprint density at radius 1 is 1.47 bits per heavy atom. The zero-order chi connectivity index (χ0) is 14.0. The molecule has 2 rings (SSSR count). The molecular formula is C13H18BrN3O2. The Hall–Kier alpha value is -1.14. The van der Waals surface area contributed by atoms with Crippen molar-refractivity contribution in [1.29, 1.82) is 0 Å². The fourth-order valence-corrected chi connectivity index (χ4v) is 2.68. The molecule has 1 unspecified atom stereocenters. The molecule has 1 aromatic rings. The van der Waals surface area contributed by atoms with Crippen LogP contribution in [0.4, 0.5) is 11.4 Å². The van der Waals surface area contributed by atoms with Crippen molar-refractivity contribution in [3.05, 3.63) is 33.9 Å². The van der Waals surface area contributed by atoms with Gasteiger partial charge < -0.3 is 9.80 Å². The van der Waals surface area contributed by atoms with Gasteiger partial charge in [-0.1, -0.05) is 22.0 Å². The fraction of sp³-hybridized carbons (Fsp3) is 0.538. The van der Waals surface area contributed by atoms with Crippen molar-refractivity contribution in [2.45, 2.75) is 18.3 Å². The highest BCUT2D eigenvalue weighted by Crippen LogP contribution is 2.31. The first kappa shape index (κ1) is 14.3. The molecule has 1 atom stereocenters. The highest BCUT2D eigenvalue weighted by Gasteiger charge is 2.26. The summed E-state index contributed by atoms with van der Waals surface area (Å²) in [6, 6.07) is 5.88. The quantitative estimate of drug-likeness (QED) is 0.486. The lowest BCUT2D eigenvalue weighted by atomic mass is 10.1. The first-order valence-electron chi connectivity index (χ1n) is 6.31. The van der Waals surface area contributed by atoms with Crippen molar-refractivity contribution in [2.24, 2.45) is 0 Å². The summed E-state index contributed by atoms with van der Waals surface area (Å²) in [5, 5.41) is 11.9. The highest BCUT2D eigenvalue weighted by molar-refractivity contribution is 9.08. The second-order valence-electron chi connectivity index (χ2n) is 4.99. The van der Waals surface area contributed by atoms with E-state index in [1.165, 1.54) is 0 Å². The van der Waals surface area contributed by atoms with Crippen LogP contribution in [0.1, 0.15) is 12.5 Å². The molecule has 1 heterocycles. The summed E-state index contributed by atoms with van der Waals surface area (Å²) >= 11 is 3.34. The zero-order valence-corrected chi connectivity index (χ0v) is 12.8. The second-order valence-corrected chi connectivity index (χ2v) is 5.55. The first-order valence-corrected chi connectivity index (χ1v) is 7.43. The number of benzene rings is 1. The van der Waals surface area contributed by atoms with Crippen LogP contribution >= 0.6 is 15.9 Å². The third kappa shape index (κ3) is 3.06. The summed E-state index contributed by atoms with van der Waals surface area (Å²) in [7, 11) is 2.09. The molecule has 0 N–H and O–H groups in total. The summed E-state index contributed by atoms with van der Waals surface area (Å²) < 4.78 is 0. The molecule has 0 saturated carbocycles. The monoisotopic (exact) mass is 327 g/mol. The molecule has 5 nitrogen and oxygen atoms in total. The Morgan fingerprint density at radius 2 is 2.21 bits per heavy atom. The van der Waals surface area contributed by atoms with Gasteiger partial charge in [-0.25, -0.2) is 0 Å². The lowest BCUT2D eigenvalue weighted by Crippen LogP contribution is -2.50. The van der Waals surface area contributed by atoms with E-state index >= 15 is 0 Å². The van der Waals surface area contributed by atoms with E-state index in [-0.39, 0.29) is 10.6 Å². The average Bonchev–Trinajstić information content (AvgIpc) is 2.41. The van der Waals surface area contributed by atoms with Crippen molar-refractivity contribution in [3.8, 4) is 0 Å². The van der Waals surface area contributed by atoms with Gasteiger partial charge in [0.15, 0.2) is 0 Å². The molecule has 0 radical (unpaired) electrons. The van der Waals surface area contributed by atoms with Crippen LogP contribution in [0.15, 0.2) is 18.2 Å². The largest absolute Gasteiger partial charge is 0.363 e. The molecule has 104 valence electrons. The SMILES string of the molecule is CC1CN(c2ccc(CBr)cc2[N+](=O)[O-])CCN1C.